The van der Waals surface area contributed by atoms with Crippen LogP contribution in [0.3, 0.4) is 0 Å². The Labute approximate surface area is 194 Å². The molecule has 0 aliphatic heterocycles. The van der Waals surface area contributed by atoms with Crippen LogP contribution in [0.25, 0.3) is 22.4 Å². The molecular formula is C24H23F3N6O. The second-order valence-corrected chi connectivity index (χ2v) is 8.69. The minimum absolute atomic E-state index is 0.0599. The first-order chi connectivity index (χ1) is 16.1. The van der Waals surface area contributed by atoms with Crippen molar-refractivity contribution in [1.29, 1.82) is 0 Å². The van der Waals surface area contributed by atoms with Crippen LogP contribution in [0, 0.1) is 0 Å². The van der Waals surface area contributed by atoms with Crippen LogP contribution in [0.5, 0.6) is 0 Å². The lowest BCUT2D eigenvalue weighted by molar-refractivity contribution is -0.137. The van der Waals surface area contributed by atoms with E-state index in [4.69, 9.17) is 4.74 Å². The van der Waals surface area contributed by atoms with Crippen molar-refractivity contribution in [3.8, 4) is 11.4 Å². The number of hydrogen-bond donors (Lipinski definition) is 1. The summed E-state index contributed by atoms with van der Waals surface area (Å²) in [6, 6.07) is 9.15. The van der Waals surface area contributed by atoms with Crippen LogP contribution in [0.4, 0.5) is 24.7 Å². The van der Waals surface area contributed by atoms with Gasteiger partial charge in [0, 0.05) is 24.4 Å². The van der Waals surface area contributed by atoms with Gasteiger partial charge in [0.25, 0.3) is 0 Å². The highest BCUT2D eigenvalue weighted by Gasteiger charge is 2.34. The molecule has 4 heterocycles. The molecule has 0 radical (unpaired) electrons. The molecule has 176 valence electrons. The minimum atomic E-state index is -4.56. The van der Waals surface area contributed by atoms with Crippen molar-refractivity contribution in [3.63, 3.8) is 0 Å². The number of nitrogens with zero attached hydrogens (tertiary/aromatic N) is 5. The molecule has 0 aromatic carbocycles. The van der Waals surface area contributed by atoms with Crippen molar-refractivity contribution >= 4 is 22.5 Å². The number of ether oxygens (including phenoxy) is 1. The van der Waals surface area contributed by atoms with Crippen LogP contribution >= 0.6 is 0 Å². The highest BCUT2D eigenvalue weighted by Crippen LogP contribution is 2.36. The molecule has 0 saturated carbocycles. The van der Waals surface area contributed by atoms with Crippen molar-refractivity contribution in [2.75, 3.05) is 12.4 Å². The molecule has 0 aliphatic rings. The summed E-state index contributed by atoms with van der Waals surface area (Å²) in [5.41, 5.74) is 0.700. The van der Waals surface area contributed by atoms with Gasteiger partial charge in [-0.15, -0.1) is 0 Å². The fourth-order valence-electron chi connectivity index (χ4n) is 3.36. The lowest BCUT2D eigenvalue weighted by atomic mass is 9.92. The van der Waals surface area contributed by atoms with Crippen molar-refractivity contribution < 1.29 is 17.9 Å². The van der Waals surface area contributed by atoms with Crippen LogP contribution in [-0.2, 0) is 22.9 Å². The second kappa shape index (κ2) is 8.94. The van der Waals surface area contributed by atoms with Crippen LogP contribution in [-0.4, -0.2) is 32.0 Å². The third kappa shape index (κ3) is 4.96. The normalized spacial score (nSPS) is 12.2. The molecule has 0 aliphatic carbocycles. The summed E-state index contributed by atoms with van der Waals surface area (Å²) in [5.74, 6) is 0.775. The van der Waals surface area contributed by atoms with Crippen molar-refractivity contribution in [2.45, 2.75) is 39.0 Å². The van der Waals surface area contributed by atoms with E-state index in [2.05, 4.69) is 51.0 Å². The molecule has 4 rings (SSSR count). The van der Waals surface area contributed by atoms with E-state index < -0.39 is 11.7 Å². The van der Waals surface area contributed by atoms with Gasteiger partial charge in [-0.25, -0.2) is 15.0 Å². The van der Waals surface area contributed by atoms with E-state index in [1.807, 2.05) is 12.1 Å². The van der Waals surface area contributed by atoms with Crippen LogP contribution in [0.15, 0.2) is 48.8 Å². The molecule has 0 unspecified atom stereocenters. The third-order valence-corrected chi connectivity index (χ3v) is 5.03. The monoisotopic (exact) mass is 468 g/mol. The highest BCUT2D eigenvalue weighted by molar-refractivity contribution is 5.90. The van der Waals surface area contributed by atoms with Crippen LogP contribution in [0.1, 0.15) is 37.9 Å². The van der Waals surface area contributed by atoms with Crippen molar-refractivity contribution in [3.05, 3.63) is 65.9 Å². The number of nitrogens with one attached hydrogen (secondary N) is 1. The van der Waals surface area contributed by atoms with Gasteiger partial charge < -0.3 is 10.1 Å². The standard InChI is InChI=1S/C24H23F3N6O/c1-23(2,3)18-10-7-14(12-29-18)30-21-15-8-9-17(31-22(15)33-19(32-21)13-34-4)20-16(24(25,26)27)6-5-11-28-20/h5-12H,13H2,1-4H3,(H,30,31,32,33). The fourth-order valence-corrected chi connectivity index (χ4v) is 3.36. The number of alkyl halides is 3. The molecule has 34 heavy (non-hydrogen) atoms. The van der Waals surface area contributed by atoms with Crippen LogP contribution < -0.4 is 5.32 Å². The van der Waals surface area contributed by atoms with Gasteiger partial charge in [0.05, 0.1) is 28.5 Å². The van der Waals surface area contributed by atoms with E-state index in [1.54, 1.807) is 12.3 Å². The van der Waals surface area contributed by atoms with Gasteiger partial charge in [0.15, 0.2) is 11.5 Å². The quantitative estimate of drug-likeness (QED) is 0.403. The summed E-state index contributed by atoms with van der Waals surface area (Å²) in [7, 11) is 1.50. The van der Waals surface area contributed by atoms with E-state index in [0.29, 0.717) is 22.7 Å². The minimum Gasteiger partial charge on any atom is -0.377 e. The van der Waals surface area contributed by atoms with Gasteiger partial charge in [-0.3, -0.25) is 9.97 Å². The Morgan fingerprint density at radius 1 is 0.941 bits per heavy atom. The van der Waals surface area contributed by atoms with Gasteiger partial charge in [0.2, 0.25) is 0 Å². The Morgan fingerprint density at radius 3 is 2.38 bits per heavy atom. The number of methoxy groups -OCH3 is 1. The largest absolute Gasteiger partial charge is 0.418 e. The maximum Gasteiger partial charge on any atom is 0.418 e. The molecule has 4 aromatic rings. The van der Waals surface area contributed by atoms with Gasteiger partial charge >= 0.3 is 6.18 Å². The number of pyridine rings is 3. The third-order valence-electron chi connectivity index (χ3n) is 5.03. The molecule has 1 N–H and O–H groups in total. The van der Waals surface area contributed by atoms with Gasteiger partial charge in [-0.05, 0) is 36.4 Å². The summed E-state index contributed by atoms with van der Waals surface area (Å²) < 4.78 is 45.6. The maximum atomic E-state index is 13.5. The lowest BCUT2D eigenvalue weighted by Gasteiger charge is -2.18. The average molecular weight is 468 g/mol. The SMILES string of the molecule is COCc1nc(Nc2ccc(C(C)(C)C)nc2)c2ccc(-c3ncccc3C(F)(F)F)nc2n1. The lowest BCUT2D eigenvalue weighted by Crippen LogP contribution is -2.13. The Kier molecular flexibility index (Phi) is 6.18. The molecule has 10 heteroatoms. The summed E-state index contributed by atoms with van der Waals surface area (Å²) >= 11 is 0. The highest BCUT2D eigenvalue weighted by atomic mass is 19.4. The Hall–Kier alpha value is -3.66. The average Bonchev–Trinajstić information content (AvgIpc) is 2.78. The maximum absolute atomic E-state index is 13.5. The van der Waals surface area contributed by atoms with E-state index in [9.17, 15) is 13.2 Å². The number of rotatable bonds is 5. The van der Waals surface area contributed by atoms with E-state index in [-0.39, 0.29) is 29.1 Å². The summed E-state index contributed by atoms with van der Waals surface area (Å²) in [5, 5.41) is 3.75. The number of fused-ring (bicyclic) bond motifs is 1. The zero-order valence-electron chi connectivity index (χ0n) is 19.1. The molecule has 0 bridgehead atoms. The molecule has 0 amide bonds. The van der Waals surface area contributed by atoms with Crippen molar-refractivity contribution in [1.82, 2.24) is 24.9 Å². The van der Waals surface area contributed by atoms with E-state index >= 15 is 0 Å². The number of anilines is 2. The summed E-state index contributed by atoms with van der Waals surface area (Å²) in [6.07, 6.45) is -1.56. The van der Waals surface area contributed by atoms with Gasteiger partial charge in [-0.1, -0.05) is 20.8 Å². The van der Waals surface area contributed by atoms with Crippen LogP contribution in [0.2, 0.25) is 0 Å². The first-order valence-corrected chi connectivity index (χ1v) is 10.5. The number of aromatic nitrogens is 5. The second-order valence-electron chi connectivity index (χ2n) is 8.69. The molecular weight excluding hydrogens is 445 g/mol. The topological polar surface area (TPSA) is 85.7 Å². The Morgan fingerprint density at radius 2 is 1.74 bits per heavy atom. The fraction of sp³-hybridized carbons (Fsp3) is 0.292. The van der Waals surface area contributed by atoms with Crippen molar-refractivity contribution in [2.24, 2.45) is 0 Å². The smallest absolute Gasteiger partial charge is 0.377 e. The van der Waals surface area contributed by atoms with Gasteiger partial charge in [0.1, 0.15) is 18.1 Å². The zero-order chi connectivity index (χ0) is 24.5. The van der Waals surface area contributed by atoms with E-state index in [1.165, 1.54) is 25.4 Å². The number of halogens is 3. The molecule has 0 atom stereocenters. The van der Waals surface area contributed by atoms with E-state index in [0.717, 1.165) is 11.8 Å². The Balaban J connectivity index is 1.79. The predicted octanol–water partition coefficient (Wildman–Crippen LogP) is 5.69. The first kappa shape index (κ1) is 23.5. The van der Waals surface area contributed by atoms with Gasteiger partial charge in [-0.2, -0.15) is 13.2 Å². The zero-order valence-corrected chi connectivity index (χ0v) is 19.1. The summed E-state index contributed by atoms with van der Waals surface area (Å²) in [4.78, 5) is 21.7. The molecule has 0 saturated heterocycles. The predicted molar refractivity (Wildman–Crippen MR) is 122 cm³/mol. The molecule has 7 nitrogen and oxygen atoms in total. The molecule has 0 spiro atoms. The summed E-state index contributed by atoms with van der Waals surface area (Å²) in [6.45, 7) is 6.33. The first-order valence-electron chi connectivity index (χ1n) is 10.5. The Bertz CT molecular complexity index is 1320. The number of hydrogen-bond acceptors (Lipinski definition) is 7. The molecule has 4 aromatic heterocycles. The molecule has 0 fully saturated rings.